The fourth-order valence-corrected chi connectivity index (χ4v) is 3.83. The fourth-order valence-electron chi connectivity index (χ4n) is 2.91. The van der Waals surface area contributed by atoms with Crippen LogP contribution in [0.5, 0.6) is 0 Å². The van der Waals surface area contributed by atoms with Crippen LogP contribution in [0.4, 0.5) is 0 Å². The summed E-state index contributed by atoms with van der Waals surface area (Å²) in [7, 11) is 0. The van der Waals surface area contributed by atoms with Crippen LogP contribution in [0.2, 0.25) is 5.02 Å². The third-order valence-corrected chi connectivity index (χ3v) is 5.31. The lowest BCUT2D eigenvalue weighted by Gasteiger charge is -2.09. The highest BCUT2D eigenvalue weighted by Gasteiger charge is 2.22. The molecule has 24 heavy (non-hydrogen) atoms. The molecule has 0 aliphatic heterocycles. The monoisotopic (exact) mass is 361 g/mol. The van der Waals surface area contributed by atoms with Crippen molar-refractivity contribution in [2.75, 3.05) is 0 Å². The largest absolute Gasteiger partial charge is 0.440 e. The molecule has 1 aliphatic carbocycles. The topological polar surface area (TPSA) is 69.6 Å². The van der Waals surface area contributed by atoms with Crippen molar-refractivity contribution in [1.29, 1.82) is 0 Å². The van der Waals surface area contributed by atoms with Crippen molar-refractivity contribution in [1.82, 2.24) is 25.2 Å². The standard InChI is InChI=1S/C16H16ClN5OS/c17-12-7-5-11(6-8-12)14-9-18-15(23-14)10-24-16-19-20-21-22(16)13-3-1-2-4-13/h5-9,13H,1-4,10H2. The summed E-state index contributed by atoms with van der Waals surface area (Å²) in [5.74, 6) is 1.99. The molecule has 1 saturated carbocycles. The Hall–Kier alpha value is -1.86. The van der Waals surface area contributed by atoms with Crippen LogP contribution < -0.4 is 0 Å². The van der Waals surface area contributed by atoms with Gasteiger partial charge >= 0.3 is 0 Å². The van der Waals surface area contributed by atoms with E-state index in [4.69, 9.17) is 16.0 Å². The van der Waals surface area contributed by atoms with Gasteiger partial charge in [-0.1, -0.05) is 36.2 Å². The summed E-state index contributed by atoms with van der Waals surface area (Å²) in [4.78, 5) is 4.34. The van der Waals surface area contributed by atoms with Crippen molar-refractivity contribution in [3.8, 4) is 11.3 Å². The molecule has 0 unspecified atom stereocenters. The number of halogens is 1. The molecule has 0 saturated heterocycles. The van der Waals surface area contributed by atoms with Crippen LogP contribution >= 0.6 is 23.4 Å². The maximum absolute atomic E-state index is 5.91. The van der Waals surface area contributed by atoms with Crippen molar-refractivity contribution in [3.05, 3.63) is 41.4 Å². The van der Waals surface area contributed by atoms with E-state index in [2.05, 4.69) is 20.5 Å². The van der Waals surface area contributed by atoms with E-state index in [-0.39, 0.29) is 0 Å². The second-order valence-electron chi connectivity index (χ2n) is 5.76. The van der Waals surface area contributed by atoms with E-state index in [0.717, 1.165) is 29.3 Å². The predicted molar refractivity (Wildman–Crippen MR) is 91.8 cm³/mol. The lowest BCUT2D eigenvalue weighted by atomic mass is 10.2. The van der Waals surface area contributed by atoms with E-state index < -0.39 is 0 Å². The zero-order valence-electron chi connectivity index (χ0n) is 12.9. The van der Waals surface area contributed by atoms with E-state index in [1.54, 1.807) is 18.0 Å². The number of tetrazole rings is 1. The minimum Gasteiger partial charge on any atom is -0.440 e. The van der Waals surface area contributed by atoms with E-state index >= 15 is 0 Å². The molecule has 0 spiro atoms. The Morgan fingerprint density at radius 3 is 2.79 bits per heavy atom. The Morgan fingerprint density at radius 2 is 2.00 bits per heavy atom. The van der Waals surface area contributed by atoms with Crippen LogP contribution in [0.1, 0.15) is 37.6 Å². The van der Waals surface area contributed by atoms with Gasteiger partial charge < -0.3 is 4.42 Å². The molecule has 6 nitrogen and oxygen atoms in total. The van der Waals surface area contributed by atoms with Gasteiger partial charge in [-0.2, -0.15) is 0 Å². The van der Waals surface area contributed by atoms with Crippen LogP contribution in [-0.4, -0.2) is 25.2 Å². The van der Waals surface area contributed by atoms with Gasteiger partial charge in [0.25, 0.3) is 0 Å². The quantitative estimate of drug-likeness (QED) is 0.628. The van der Waals surface area contributed by atoms with E-state index in [1.165, 1.54) is 12.8 Å². The molecule has 2 aromatic heterocycles. The molecule has 0 atom stereocenters. The summed E-state index contributed by atoms with van der Waals surface area (Å²) in [5, 5.41) is 13.6. The SMILES string of the molecule is Clc1ccc(-c2cnc(CSc3nnnn3C3CCCC3)o2)cc1. The fraction of sp³-hybridized carbons (Fsp3) is 0.375. The molecule has 1 aromatic carbocycles. The van der Waals surface area contributed by atoms with Gasteiger partial charge in [0.2, 0.25) is 11.0 Å². The third kappa shape index (κ3) is 3.32. The first-order chi connectivity index (χ1) is 11.8. The van der Waals surface area contributed by atoms with Crippen molar-refractivity contribution >= 4 is 23.4 Å². The molecule has 0 bridgehead atoms. The van der Waals surface area contributed by atoms with Gasteiger partial charge in [0, 0.05) is 10.6 Å². The number of hydrogen-bond donors (Lipinski definition) is 0. The van der Waals surface area contributed by atoms with Gasteiger partial charge in [0.1, 0.15) is 0 Å². The van der Waals surface area contributed by atoms with Crippen LogP contribution in [-0.2, 0) is 5.75 Å². The Labute approximate surface area is 148 Å². The highest BCUT2D eigenvalue weighted by atomic mass is 35.5. The molecule has 8 heteroatoms. The molecule has 124 valence electrons. The van der Waals surface area contributed by atoms with Crippen molar-refractivity contribution in [2.45, 2.75) is 42.6 Å². The molecule has 3 aromatic rings. The first-order valence-corrected chi connectivity index (χ1v) is 9.27. The Kier molecular flexibility index (Phi) is 4.53. The molecular weight excluding hydrogens is 346 g/mol. The summed E-state index contributed by atoms with van der Waals surface area (Å²) >= 11 is 7.46. The molecule has 1 aliphatic rings. The van der Waals surface area contributed by atoms with Crippen molar-refractivity contribution < 1.29 is 4.42 Å². The van der Waals surface area contributed by atoms with Crippen molar-refractivity contribution in [2.24, 2.45) is 0 Å². The molecule has 0 radical (unpaired) electrons. The predicted octanol–water partition coefficient (Wildman–Crippen LogP) is 4.39. The average Bonchev–Trinajstić information content (AvgIpc) is 3.34. The first kappa shape index (κ1) is 15.7. The highest BCUT2D eigenvalue weighted by Crippen LogP contribution is 2.32. The molecule has 0 N–H and O–H groups in total. The number of nitrogens with zero attached hydrogens (tertiary/aromatic N) is 5. The maximum atomic E-state index is 5.91. The second-order valence-corrected chi connectivity index (χ2v) is 7.14. The highest BCUT2D eigenvalue weighted by molar-refractivity contribution is 7.98. The summed E-state index contributed by atoms with van der Waals surface area (Å²) in [6.07, 6.45) is 6.54. The number of thioether (sulfide) groups is 1. The Morgan fingerprint density at radius 1 is 1.21 bits per heavy atom. The zero-order valence-corrected chi connectivity index (χ0v) is 14.5. The number of oxazole rings is 1. The first-order valence-electron chi connectivity index (χ1n) is 7.91. The summed E-state index contributed by atoms with van der Waals surface area (Å²) in [6, 6.07) is 7.94. The summed E-state index contributed by atoms with van der Waals surface area (Å²) in [5.41, 5.74) is 0.957. The number of rotatable bonds is 5. The van der Waals surface area contributed by atoms with Gasteiger partial charge in [-0.3, -0.25) is 0 Å². The lowest BCUT2D eigenvalue weighted by molar-refractivity contribution is 0.422. The zero-order chi connectivity index (χ0) is 16.4. The Bertz CT molecular complexity index is 810. The smallest absolute Gasteiger partial charge is 0.210 e. The van der Waals surface area contributed by atoms with Gasteiger partial charge in [-0.25, -0.2) is 9.67 Å². The van der Waals surface area contributed by atoms with Crippen LogP contribution in [0, 0.1) is 0 Å². The Balaban J connectivity index is 1.44. The normalized spacial score (nSPS) is 15.2. The van der Waals surface area contributed by atoms with E-state index in [9.17, 15) is 0 Å². The summed E-state index contributed by atoms with van der Waals surface area (Å²) < 4.78 is 7.77. The van der Waals surface area contributed by atoms with E-state index in [1.807, 2.05) is 28.9 Å². The van der Waals surface area contributed by atoms with Gasteiger partial charge in [-0.15, -0.1) is 5.10 Å². The molecule has 1 fully saturated rings. The van der Waals surface area contributed by atoms with Crippen LogP contribution in [0.25, 0.3) is 11.3 Å². The van der Waals surface area contributed by atoms with E-state index in [0.29, 0.717) is 22.7 Å². The minimum atomic E-state index is 0.427. The van der Waals surface area contributed by atoms with Crippen LogP contribution in [0.3, 0.4) is 0 Å². The average molecular weight is 362 g/mol. The molecule has 2 heterocycles. The van der Waals surface area contributed by atoms with Gasteiger partial charge in [0.15, 0.2) is 5.76 Å². The summed E-state index contributed by atoms with van der Waals surface area (Å²) in [6.45, 7) is 0. The molecule has 0 amide bonds. The third-order valence-electron chi connectivity index (χ3n) is 4.14. The second kappa shape index (κ2) is 6.94. The molecule has 4 rings (SSSR count). The van der Waals surface area contributed by atoms with Crippen LogP contribution in [0.15, 0.2) is 40.0 Å². The van der Waals surface area contributed by atoms with Gasteiger partial charge in [0.05, 0.1) is 18.0 Å². The van der Waals surface area contributed by atoms with Crippen molar-refractivity contribution in [3.63, 3.8) is 0 Å². The number of hydrogen-bond acceptors (Lipinski definition) is 6. The minimum absolute atomic E-state index is 0.427. The number of aromatic nitrogens is 5. The number of benzene rings is 1. The lowest BCUT2D eigenvalue weighted by Crippen LogP contribution is -2.08. The van der Waals surface area contributed by atoms with Gasteiger partial charge in [-0.05, 0) is 47.5 Å². The maximum Gasteiger partial charge on any atom is 0.210 e. The molecular formula is C16H16ClN5OS.